The molecule has 4 heterocycles. The fraction of sp³-hybridized carbons (Fsp3) is 0.500. The summed E-state index contributed by atoms with van der Waals surface area (Å²) in [6.45, 7) is 0.946. The van der Waals surface area contributed by atoms with Crippen LogP contribution in [0.25, 0.3) is 10.9 Å². The molecule has 1 unspecified atom stereocenters. The molecule has 0 radical (unpaired) electrons. The van der Waals surface area contributed by atoms with Gasteiger partial charge in [0.15, 0.2) is 0 Å². The Labute approximate surface area is 177 Å². The van der Waals surface area contributed by atoms with E-state index in [1.165, 1.54) is 11.8 Å². The molecule has 0 amide bonds. The number of aromatic nitrogens is 4. The number of aryl methyl sites for hydroxylation is 1. The summed E-state index contributed by atoms with van der Waals surface area (Å²) >= 11 is 0. The predicted octanol–water partition coefficient (Wildman–Crippen LogP) is 3.83. The first-order valence-electron chi connectivity index (χ1n) is 10.7. The molecule has 2 aromatic heterocycles. The smallest absolute Gasteiger partial charge is 0.289 e. The largest absolute Gasteiger partial charge is 0.406 e. The summed E-state index contributed by atoms with van der Waals surface area (Å²) in [7, 11) is 0. The summed E-state index contributed by atoms with van der Waals surface area (Å²) in [6.07, 6.45) is 2.12. The van der Waals surface area contributed by atoms with Crippen LogP contribution >= 0.6 is 0 Å². The van der Waals surface area contributed by atoms with Crippen molar-refractivity contribution in [1.82, 2.24) is 24.2 Å². The van der Waals surface area contributed by atoms with Crippen LogP contribution in [0.15, 0.2) is 35.3 Å². The van der Waals surface area contributed by atoms with Crippen LogP contribution in [-0.2, 0) is 26.1 Å². The molecular formula is C22H24F3N5O. The zero-order valence-corrected chi connectivity index (χ0v) is 17.1. The first kappa shape index (κ1) is 20.2. The molecule has 0 saturated carbocycles. The third-order valence-electron chi connectivity index (χ3n) is 6.33. The summed E-state index contributed by atoms with van der Waals surface area (Å²) < 4.78 is 43.0. The quantitative estimate of drug-likeness (QED) is 0.630. The van der Waals surface area contributed by atoms with Crippen LogP contribution in [0.3, 0.4) is 0 Å². The lowest BCUT2D eigenvalue weighted by atomic mass is 10.1. The Morgan fingerprint density at radius 1 is 1.10 bits per heavy atom. The summed E-state index contributed by atoms with van der Waals surface area (Å²) in [5.41, 5.74) is 2.15. The Balaban J connectivity index is 1.55. The van der Waals surface area contributed by atoms with E-state index in [2.05, 4.69) is 15.0 Å². The molecule has 1 saturated heterocycles. The van der Waals surface area contributed by atoms with Crippen LogP contribution < -0.4 is 5.56 Å². The Bertz CT molecular complexity index is 1170. The van der Waals surface area contributed by atoms with Crippen LogP contribution in [0.1, 0.15) is 48.8 Å². The van der Waals surface area contributed by atoms with Gasteiger partial charge in [-0.05, 0) is 50.8 Å². The van der Waals surface area contributed by atoms with Crippen molar-refractivity contribution in [2.24, 2.45) is 0 Å². The van der Waals surface area contributed by atoms with Crippen molar-refractivity contribution in [3.63, 3.8) is 0 Å². The van der Waals surface area contributed by atoms with E-state index in [0.29, 0.717) is 18.5 Å². The highest BCUT2D eigenvalue weighted by atomic mass is 19.4. The van der Waals surface area contributed by atoms with Gasteiger partial charge in [-0.1, -0.05) is 12.1 Å². The van der Waals surface area contributed by atoms with Gasteiger partial charge in [-0.2, -0.15) is 18.3 Å². The number of nitrogens with zero attached hydrogens (tertiary/aromatic N) is 5. The van der Waals surface area contributed by atoms with E-state index in [4.69, 9.17) is 0 Å². The highest BCUT2D eigenvalue weighted by Crippen LogP contribution is 2.34. The predicted molar refractivity (Wildman–Crippen MR) is 110 cm³/mol. The van der Waals surface area contributed by atoms with Gasteiger partial charge in [0.25, 0.3) is 5.56 Å². The second-order valence-electron chi connectivity index (χ2n) is 8.42. The fourth-order valence-corrected chi connectivity index (χ4v) is 4.92. The molecule has 164 valence electrons. The van der Waals surface area contributed by atoms with Gasteiger partial charge in [-0.3, -0.25) is 18.9 Å². The highest BCUT2D eigenvalue weighted by molar-refractivity contribution is 5.77. The Morgan fingerprint density at radius 3 is 2.77 bits per heavy atom. The van der Waals surface area contributed by atoms with Crippen molar-refractivity contribution >= 4 is 10.9 Å². The molecule has 1 aromatic carbocycles. The molecule has 31 heavy (non-hydrogen) atoms. The maximum Gasteiger partial charge on any atom is 0.406 e. The number of alkyl halides is 3. The third-order valence-corrected chi connectivity index (χ3v) is 6.33. The Hall–Kier alpha value is -2.68. The number of hydrogen-bond acceptors (Lipinski definition) is 4. The van der Waals surface area contributed by atoms with Gasteiger partial charge in [-0.15, -0.1) is 0 Å². The first-order valence-corrected chi connectivity index (χ1v) is 10.7. The maximum atomic E-state index is 13.4. The highest BCUT2D eigenvalue weighted by Gasteiger charge is 2.35. The van der Waals surface area contributed by atoms with Gasteiger partial charge < -0.3 is 0 Å². The van der Waals surface area contributed by atoms with E-state index in [9.17, 15) is 18.0 Å². The van der Waals surface area contributed by atoms with Crippen molar-refractivity contribution in [2.45, 2.75) is 64.0 Å². The average molecular weight is 431 g/mol. The molecule has 6 nitrogen and oxygen atoms in total. The SMILES string of the molecule is O=c1c2ccccc2nc(C2CCCN2Cc2cnn3c2CCCC3)n1CC(F)(F)F. The summed E-state index contributed by atoms with van der Waals surface area (Å²) in [4.78, 5) is 19.7. The van der Waals surface area contributed by atoms with Crippen LogP contribution in [0.5, 0.6) is 0 Å². The summed E-state index contributed by atoms with van der Waals surface area (Å²) in [5, 5.41) is 4.70. The topological polar surface area (TPSA) is 56.0 Å². The van der Waals surface area contributed by atoms with Crippen LogP contribution in [-0.4, -0.2) is 37.0 Å². The maximum absolute atomic E-state index is 13.4. The Kier molecular flexibility index (Phi) is 5.08. The molecular weight excluding hydrogens is 407 g/mol. The minimum atomic E-state index is -4.50. The summed E-state index contributed by atoms with van der Waals surface area (Å²) in [5.74, 6) is 0.208. The number of fused-ring (bicyclic) bond motifs is 2. The monoisotopic (exact) mass is 431 g/mol. The molecule has 0 N–H and O–H groups in total. The van der Waals surface area contributed by atoms with Gasteiger partial charge in [-0.25, -0.2) is 4.98 Å². The summed E-state index contributed by atoms with van der Waals surface area (Å²) in [6, 6.07) is 6.28. The van der Waals surface area contributed by atoms with E-state index in [1.807, 2.05) is 10.9 Å². The van der Waals surface area contributed by atoms with Crippen LogP contribution in [0, 0.1) is 0 Å². The Morgan fingerprint density at radius 2 is 1.94 bits per heavy atom. The second kappa shape index (κ2) is 7.78. The molecule has 9 heteroatoms. The van der Waals surface area contributed by atoms with E-state index < -0.39 is 18.3 Å². The number of hydrogen-bond donors (Lipinski definition) is 0. The molecule has 5 rings (SSSR count). The van der Waals surface area contributed by atoms with Crippen LogP contribution in [0.4, 0.5) is 13.2 Å². The minimum absolute atomic E-state index is 0.208. The molecule has 3 aromatic rings. The van der Waals surface area contributed by atoms with Crippen molar-refractivity contribution in [2.75, 3.05) is 6.54 Å². The van der Waals surface area contributed by atoms with Crippen molar-refractivity contribution < 1.29 is 13.2 Å². The van der Waals surface area contributed by atoms with Crippen LogP contribution in [0.2, 0.25) is 0 Å². The number of likely N-dealkylation sites (tertiary alicyclic amines) is 1. The molecule has 2 aliphatic heterocycles. The zero-order chi connectivity index (χ0) is 21.6. The number of benzene rings is 1. The number of para-hydroxylation sites is 1. The average Bonchev–Trinajstić information content (AvgIpc) is 3.37. The lowest BCUT2D eigenvalue weighted by molar-refractivity contribution is -0.142. The minimum Gasteiger partial charge on any atom is -0.289 e. The van der Waals surface area contributed by atoms with Gasteiger partial charge in [0.2, 0.25) is 0 Å². The molecule has 2 aliphatic rings. The van der Waals surface area contributed by atoms with E-state index in [0.717, 1.165) is 48.9 Å². The number of rotatable bonds is 4. The fourth-order valence-electron chi connectivity index (χ4n) is 4.92. The van der Waals surface area contributed by atoms with Gasteiger partial charge in [0.05, 0.1) is 23.1 Å². The van der Waals surface area contributed by atoms with Crippen molar-refractivity contribution in [3.8, 4) is 0 Å². The normalized spacial score (nSPS) is 19.8. The lowest BCUT2D eigenvalue weighted by Crippen LogP contribution is -2.35. The number of halogens is 3. The second-order valence-corrected chi connectivity index (χ2v) is 8.42. The molecule has 0 spiro atoms. The molecule has 1 atom stereocenters. The van der Waals surface area contributed by atoms with Gasteiger partial charge in [0, 0.05) is 24.3 Å². The first-order chi connectivity index (χ1) is 14.9. The van der Waals surface area contributed by atoms with Crippen molar-refractivity contribution in [1.29, 1.82) is 0 Å². The third kappa shape index (κ3) is 3.86. The van der Waals surface area contributed by atoms with E-state index in [-0.39, 0.29) is 17.3 Å². The van der Waals surface area contributed by atoms with E-state index in [1.54, 1.807) is 18.2 Å². The zero-order valence-electron chi connectivity index (χ0n) is 17.1. The molecule has 0 aliphatic carbocycles. The standard InChI is InChI=1S/C22H24F3N5O/c23-22(24,25)14-29-20(27-17-7-2-1-6-16(17)21(29)31)19-9-5-10-28(19)13-15-12-26-30-11-4-3-8-18(15)30/h1-2,6-7,12,19H,3-5,8-11,13-14H2. The van der Waals surface area contributed by atoms with E-state index >= 15 is 0 Å². The molecule has 0 bridgehead atoms. The molecule has 1 fully saturated rings. The van der Waals surface area contributed by atoms with Gasteiger partial charge >= 0.3 is 6.18 Å². The van der Waals surface area contributed by atoms with Crippen molar-refractivity contribution in [3.05, 3.63) is 57.9 Å². The lowest BCUT2D eigenvalue weighted by Gasteiger charge is -2.27. The van der Waals surface area contributed by atoms with Gasteiger partial charge in [0.1, 0.15) is 12.4 Å².